The van der Waals surface area contributed by atoms with Gasteiger partial charge in [0.25, 0.3) is 0 Å². The van der Waals surface area contributed by atoms with Crippen LogP contribution in [0.15, 0.2) is 18.2 Å². The predicted octanol–water partition coefficient (Wildman–Crippen LogP) is 1.67. The van der Waals surface area contributed by atoms with E-state index in [4.69, 9.17) is 9.47 Å². The van der Waals surface area contributed by atoms with Crippen molar-refractivity contribution in [3.63, 3.8) is 0 Å². The molecule has 1 aromatic rings. The summed E-state index contributed by atoms with van der Waals surface area (Å²) in [6.07, 6.45) is 0. The second-order valence-electron chi connectivity index (χ2n) is 4.58. The van der Waals surface area contributed by atoms with E-state index in [1.54, 1.807) is 14.2 Å². The minimum absolute atomic E-state index is 0.409. The smallest absolute Gasteiger partial charge is 0.161 e. The standard InChI is InChI=1S/C14H22N2O2/c1-11(16-8-6-15-7-9-16)12-4-5-13(17-2)14(10-12)18-3/h4-5,10-11,15H,6-9H2,1-3H3/t11-/m0/s1. The van der Waals surface area contributed by atoms with Crippen LogP contribution in [0.5, 0.6) is 11.5 Å². The average molecular weight is 250 g/mol. The Balaban J connectivity index is 2.16. The molecule has 1 fully saturated rings. The van der Waals surface area contributed by atoms with Gasteiger partial charge < -0.3 is 14.8 Å². The molecule has 2 rings (SSSR count). The molecule has 1 aromatic carbocycles. The molecule has 0 bridgehead atoms. The zero-order valence-corrected chi connectivity index (χ0v) is 11.4. The summed E-state index contributed by atoms with van der Waals surface area (Å²) in [5, 5.41) is 3.38. The highest BCUT2D eigenvalue weighted by Crippen LogP contribution is 2.31. The third-order valence-corrected chi connectivity index (χ3v) is 3.59. The lowest BCUT2D eigenvalue weighted by Crippen LogP contribution is -2.44. The fraction of sp³-hybridized carbons (Fsp3) is 0.571. The molecule has 1 aliphatic rings. The highest BCUT2D eigenvalue weighted by molar-refractivity contribution is 5.43. The predicted molar refractivity (Wildman–Crippen MR) is 72.4 cm³/mol. The number of hydrogen-bond donors (Lipinski definition) is 1. The SMILES string of the molecule is COc1ccc([C@H](C)N2CCNCC2)cc1OC. The maximum Gasteiger partial charge on any atom is 0.161 e. The van der Waals surface area contributed by atoms with Crippen LogP contribution in [0.2, 0.25) is 0 Å². The van der Waals surface area contributed by atoms with Crippen molar-refractivity contribution in [3.8, 4) is 11.5 Å². The summed E-state index contributed by atoms with van der Waals surface area (Å²) in [4.78, 5) is 2.48. The fourth-order valence-electron chi connectivity index (χ4n) is 2.39. The quantitative estimate of drug-likeness (QED) is 0.881. The molecule has 4 nitrogen and oxygen atoms in total. The Morgan fingerprint density at radius 1 is 1.11 bits per heavy atom. The molecular formula is C14H22N2O2. The van der Waals surface area contributed by atoms with Crippen molar-refractivity contribution in [2.75, 3.05) is 40.4 Å². The lowest BCUT2D eigenvalue weighted by Gasteiger charge is -2.33. The van der Waals surface area contributed by atoms with Crippen molar-refractivity contribution in [1.29, 1.82) is 0 Å². The molecule has 1 atom stereocenters. The zero-order valence-electron chi connectivity index (χ0n) is 11.4. The first-order chi connectivity index (χ1) is 8.76. The van der Waals surface area contributed by atoms with Crippen LogP contribution in [0.25, 0.3) is 0 Å². The van der Waals surface area contributed by atoms with Crippen LogP contribution in [0.1, 0.15) is 18.5 Å². The topological polar surface area (TPSA) is 33.7 Å². The highest BCUT2D eigenvalue weighted by atomic mass is 16.5. The summed E-state index contributed by atoms with van der Waals surface area (Å²) in [5.74, 6) is 1.59. The van der Waals surface area contributed by atoms with Crippen molar-refractivity contribution in [1.82, 2.24) is 10.2 Å². The molecule has 0 unspecified atom stereocenters. The van der Waals surface area contributed by atoms with Crippen molar-refractivity contribution in [2.45, 2.75) is 13.0 Å². The molecule has 1 saturated heterocycles. The Morgan fingerprint density at radius 3 is 2.39 bits per heavy atom. The van der Waals surface area contributed by atoms with E-state index in [0.29, 0.717) is 6.04 Å². The van der Waals surface area contributed by atoms with E-state index in [1.165, 1.54) is 5.56 Å². The van der Waals surface area contributed by atoms with Gasteiger partial charge >= 0.3 is 0 Å². The molecule has 0 aliphatic carbocycles. The van der Waals surface area contributed by atoms with E-state index in [0.717, 1.165) is 37.7 Å². The molecule has 1 heterocycles. The number of methoxy groups -OCH3 is 2. The first-order valence-corrected chi connectivity index (χ1v) is 6.43. The van der Waals surface area contributed by atoms with Gasteiger partial charge in [0.1, 0.15) is 0 Å². The number of nitrogens with zero attached hydrogens (tertiary/aromatic N) is 1. The van der Waals surface area contributed by atoms with E-state index < -0.39 is 0 Å². The maximum atomic E-state index is 5.36. The minimum Gasteiger partial charge on any atom is -0.493 e. The molecule has 1 N–H and O–H groups in total. The van der Waals surface area contributed by atoms with Gasteiger partial charge in [0, 0.05) is 32.2 Å². The summed E-state index contributed by atoms with van der Waals surface area (Å²) in [7, 11) is 3.34. The minimum atomic E-state index is 0.409. The number of nitrogens with one attached hydrogen (secondary N) is 1. The molecule has 1 aliphatic heterocycles. The van der Waals surface area contributed by atoms with Crippen LogP contribution in [-0.2, 0) is 0 Å². The average Bonchev–Trinajstić information content (AvgIpc) is 2.46. The summed E-state index contributed by atoms with van der Waals surface area (Å²) in [6, 6.07) is 6.58. The van der Waals surface area contributed by atoms with Crippen LogP contribution in [-0.4, -0.2) is 45.3 Å². The molecule has 0 spiro atoms. The van der Waals surface area contributed by atoms with Crippen LogP contribution in [0.3, 0.4) is 0 Å². The first-order valence-electron chi connectivity index (χ1n) is 6.43. The van der Waals surface area contributed by atoms with E-state index in [9.17, 15) is 0 Å². The van der Waals surface area contributed by atoms with Crippen molar-refractivity contribution in [3.05, 3.63) is 23.8 Å². The Hall–Kier alpha value is -1.26. The van der Waals surface area contributed by atoms with E-state index in [-0.39, 0.29) is 0 Å². The number of piperazine rings is 1. The fourth-order valence-corrected chi connectivity index (χ4v) is 2.39. The largest absolute Gasteiger partial charge is 0.493 e. The van der Waals surface area contributed by atoms with Crippen molar-refractivity contribution in [2.24, 2.45) is 0 Å². The molecular weight excluding hydrogens is 228 g/mol. The lowest BCUT2D eigenvalue weighted by atomic mass is 10.1. The lowest BCUT2D eigenvalue weighted by molar-refractivity contribution is 0.185. The number of benzene rings is 1. The summed E-state index contributed by atoms with van der Waals surface area (Å²) >= 11 is 0. The maximum absolute atomic E-state index is 5.36. The van der Waals surface area contributed by atoms with E-state index in [1.807, 2.05) is 6.07 Å². The van der Waals surface area contributed by atoms with E-state index in [2.05, 4.69) is 29.3 Å². The third-order valence-electron chi connectivity index (χ3n) is 3.59. The van der Waals surface area contributed by atoms with Gasteiger partial charge in [0.05, 0.1) is 14.2 Å². The monoisotopic (exact) mass is 250 g/mol. The van der Waals surface area contributed by atoms with E-state index >= 15 is 0 Å². The first kappa shape index (κ1) is 13.2. The Labute approximate surface area is 109 Å². The number of ether oxygens (including phenoxy) is 2. The van der Waals surface area contributed by atoms with Crippen LogP contribution >= 0.6 is 0 Å². The third kappa shape index (κ3) is 2.76. The van der Waals surface area contributed by atoms with Gasteiger partial charge in [-0.2, -0.15) is 0 Å². The second kappa shape index (κ2) is 6.07. The Morgan fingerprint density at radius 2 is 1.78 bits per heavy atom. The second-order valence-corrected chi connectivity index (χ2v) is 4.58. The van der Waals surface area contributed by atoms with Gasteiger partial charge in [0.15, 0.2) is 11.5 Å². The van der Waals surface area contributed by atoms with Gasteiger partial charge in [-0.1, -0.05) is 6.07 Å². The molecule has 0 amide bonds. The zero-order chi connectivity index (χ0) is 13.0. The number of rotatable bonds is 4. The normalized spacial score (nSPS) is 18.4. The van der Waals surface area contributed by atoms with Gasteiger partial charge in [-0.3, -0.25) is 4.90 Å². The van der Waals surface area contributed by atoms with Gasteiger partial charge in [-0.05, 0) is 24.6 Å². The molecule has 0 aromatic heterocycles. The number of hydrogen-bond acceptors (Lipinski definition) is 4. The molecule has 0 radical (unpaired) electrons. The summed E-state index contributed by atoms with van der Waals surface area (Å²) in [5.41, 5.74) is 1.27. The summed E-state index contributed by atoms with van der Waals surface area (Å²) < 4.78 is 10.6. The Kier molecular flexibility index (Phi) is 4.44. The van der Waals surface area contributed by atoms with Crippen LogP contribution < -0.4 is 14.8 Å². The molecule has 0 saturated carbocycles. The van der Waals surface area contributed by atoms with Crippen LogP contribution in [0.4, 0.5) is 0 Å². The van der Waals surface area contributed by atoms with Crippen molar-refractivity contribution >= 4 is 0 Å². The van der Waals surface area contributed by atoms with Crippen molar-refractivity contribution < 1.29 is 9.47 Å². The summed E-state index contributed by atoms with van der Waals surface area (Å²) in [6.45, 7) is 6.56. The van der Waals surface area contributed by atoms with Crippen LogP contribution in [0, 0.1) is 0 Å². The Bertz CT molecular complexity index is 389. The molecule has 100 valence electrons. The van der Waals surface area contributed by atoms with Gasteiger partial charge in [-0.25, -0.2) is 0 Å². The van der Waals surface area contributed by atoms with Gasteiger partial charge in [0.2, 0.25) is 0 Å². The highest BCUT2D eigenvalue weighted by Gasteiger charge is 2.19. The molecule has 18 heavy (non-hydrogen) atoms. The van der Waals surface area contributed by atoms with Gasteiger partial charge in [-0.15, -0.1) is 0 Å². The molecule has 4 heteroatoms.